The molecule has 1 atom stereocenters. The molecular weight excluding hydrogens is 243 g/mol. The molecule has 1 aromatic carbocycles. The van der Waals surface area contributed by atoms with E-state index in [-0.39, 0.29) is 6.04 Å². The summed E-state index contributed by atoms with van der Waals surface area (Å²) in [5, 5.41) is 0. The Morgan fingerprint density at radius 2 is 2.00 bits per heavy atom. The quantitative estimate of drug-likeness (QED) is 0.911. The van der Waals surface area contributed by atoms with Gasteiger partial charge in [0.1, 0.15) is 0 Å². The molecule has 18 heavy (non-hydrogen) atoms. The van der Waals surface area contributed by atoms with Gasteiger partial charge in [0, 0.05) is 11.6 Å². The van der Waals surface area contributed by atoms with Gasteiger partial charge in [0.2, 0.25) is 0 Å². The van der Waals surface area contributed by atoms with Crippen LogP contribution < -0.4 is 5.73 Å². The first-order valence-electron chi connectivity index (χ1n) is 5.40. The molecule has 1 unspecified atom stereocenters. The highest BCUT2D eigenvalue weighted by molar-refractivity contribution is 5.27. The number of alkyl halides is 3. The summed E-state index contributed by atoms with van der Waals surface area (Å²) in [7, 11) is 0. The molecule has 0 saturated carbocycles. The molecule has 0 spiro atoms. The molecule has 2 nitrogen and oxygen atoms in total. The molecule has 2 rings (SSSR count). The summed E-state index contributed by atoms with van der Waals surface area (Å²) in [4.78, 5) is 0. The number of halogens is 3. The Morgan fingerprint density at radius 3 is 2.61 bits per heavy atom. The first kappa shape index (κ1) is 12.7. The third kappa shape index (κ3) is 2.92. The van der Waals surface area contributed by atoms with Gasteiger partial charge in [0.25, 0.3) is 0 Å². The smallest absolute Gasteiger partial charge is 0.416 e. The molecule has 5 heteroatoms. The molecule has 0 radical (unpaired) electrons. The van der Waals surface area contributed by atoms with Crippen LogP contribution in [0.1, 0.15) is 22.7 Å². The van der Waals surface area contributed by atoms with Crippen molar-refractivity contribution in [3.8, 4) is 0 Å². The van der Waals surface area contributed by atoms with E-state index in [2.05, 4.69) is 0 Å². The summed E-state index contributed by atoms with van der Waals surface area (Å²) in [5.41, 5.74) is 6.56. The van der Waals surface area contributed by atoms with E-state index in [0.717, 1.165) is 17.7 Å². The molecule has 0 saturated heterocycles. The number of hydrogen-bond donors (Lipinski definition) is 1. The zero-order chi connectivity index (χ0) is 13.2. The molecule has 1 aromatic heterocycles. The molecule has 96 valence electrons. The Hall–Kier alpha value is -1.75. The lowest BCUT2D eigenvalue weighted by molar-refractivity contribution is -0.137. The van der Waals surface area contributed by atoms with Gasteiger partial charge in [-0.05, 0) is 24.1 Å². The molecule has 0 amide bonds. The maximum absolute atomic E-state index is 12.5. The van der Waals surface area contributed by atoms with Gasteiger partial charge in [-0.3, -0.25) is 0 Å². The van der Waals surface area contributed by atoms with Crippen molar-refractivity contribution in [2.45, 2.75) is 18.6 Å². The van der Waals surface area contributed by atoms with Gasteiger partial charge in [0.15, 0.2) is 0 Å². The number of benzene rings is 1. The van der Waals surface area contributed by atoms with E-state index in [0.29, 0.717) is 12.0 Å². The standard InChI is InChI=1S/C13H12F3NO/c14-13(15,16)11-3-1-2-9(6-11)7-12(17)10-4-5-18-8-10/h1-6,8,12H,7,17H2. The topological polar surface area (TPSA) is 39.2 Å². The number of rotatable bonds is 3. The molecule has 1 heterocycles. The lowest BCUT2D eigenvalue weighted by atomic mass is 10.0. The van der Waals surface area contributed by atoms with Crippen molar-refractivity contribution in [3.05, 3.63) is 59.5 Å². The molecular formula is C13H12F3NO. The van der Waals surface area contributed by atoms with E-state index in [9.17, 15) is 13.2 Å². The Morgan fingerprint density at radius 1 is 1.22 bits per heavy atom. The highest BCUT2D eigenvalue weighted by Crippen LogP contribution is 2.30. The van der Waals surface area contributed by atoms with Gasteiger partial charge in [0.05, 0.1) is 18.1 Å². The molecule has 0 fully saturated rings. The van der Waals surface area contributed by atoms with Crippen molar-refractivity contribution in [2.75, 3.05) is 0 Å². The Bertz CT molecular complexity index is 505. The monoisotopic (exact) mass is 255 g/mol. The minimum absolute atomic E-state index is 0.337. The van der Waals surface area contributed by atoms with Crippen LogP contribution in [0.3, 0.4) is 0 Å². The summed E-state index contributed by atoms with van der Waals surface area (Å²) >= 11 is 0. The van der Waals surface area contributed by atoms with Crippen molar-refractivity contribution in [3.63, 3.8) is 0 Å². The zero-order valence-corrected chi connectivity index (χ0v) is 9.45. The fourth-order valence-corrected chi connectivity index (χ4v) is 1.73. The highest BCUT2D eigenvalue weighted by atomic mass is 19.4. The average molecular weight is 255 g/mol. The molecule has 0 aliphatic heterocycles. The molecule has 2 N–H and O–H groups in total. The van der Waals surface area contributed by atoms with E-state index in [1.54, 1.807) is 12.1 Å². The maximum Gasteiger partial charge on any atom is 0.416 e. The predicted octanol–water partition coefficient (Wildman–Crippen LogP) is 3.54. The Labute approximate surface area is 102 Å². The molecule has 2 aromatic rings. The third-order valence-electron chi connectivity index (χ3n) is 2.68. The van der Waals surface area contributed by atoms with Crippen LogP contribution in [0.15, 0.2) is 47.3 Å². The largest absolute Gasteiger partial charge is 0.472 e. The van der Waals surface area contributed by atoms with Crippen LogP contribution in [0, 0.1) is 0 Å². The summed E-state index contributed by atoms with van der Waals surface area (Å²) < 4.78 is 42.5. The average Bonchev–Trinajstić information content (AvgIpc) is 2.81. The summed E-state index contributed by atoms with van der Waals surface area (Å²) in [5.74, 6) is 0. The molecule has 0 bridgehead atoms. The lowest BCUT2D eigenvalue weighted by Gasteiger charge is -2.12. The van der Waals surface area contributed by atoms with E-state index in [4.69, 9.17) is 10.2 Å². The second-order valence-electron chi connectivity index (χ2n) is 4.07. The van der Waals surface area contributed by atoms with Gasteiger partial charge in [-0.25, -0.2) is 0 Å². The third-order valence-corrected chi connectivity index (χ3v) is 2.68. The minimum atomic E-state index is -4.32. The SMILES string of the molecule is NC(Cc1cccc(C(F)(F)F)c1)c1ccoc1. The van der Waals surface area contributed by atoms with Gasteiger partial charge >= 0.3 is 6.18 Å². The lowest BCUT2D eigenvalue weighted by Crippen LogP contribution is -2.13. The van der Waals surface area contributed by atoms with Gasteiger partial charge < -0.3 is 10.2 Å². The highest BCUT2D eigenvalue weighted by Gasteiger charge is 2.30. The van der Waals surface area contributed by atoms with E-state index in [1.807, 2.05) is 0 Å². The van der Waals surface area contributed by atoms with Crippen molar-refractivity contribution in [2.24, 2.45) is 5.73 Å². The summed E-state index contributed by atoms with van der Waals surface area (Å²) in [6, 6.07) is 6.53. The first-order chi connectivity index (χ1) is 8.47. The second kappa shape index (κ2) is 4.86. The van der Waals surface area contributed by atoms with Crippen molar-refractivity contribution < 1.29 is 17.6 Å². The number of nitrogens with two attached hydrogens (primary N) is 1. The van der Waals surface area contributed by atoms with E-state index < -0.39 is 11.7 Å². The summed E-state index contributed by atoms with van der Waals surface area (Å²) in [6.45, 7) is 0. The Kier molecular flexibility index (Phi) is 3.43. The predicted molar refractivity (Wildman–Crippen MR) is 60.8 cm³/mol. The van der Waals surface area contributed by atoms with Crippen LogP contribution in [-0.2, 0) is 12.6 Å². The fourth-order valence-electron chi connectivity index (χ4n) is 1.73. The van der Waals surface area contributed by atoms with Crippen LogP contribution in [0.4, 0.5) is 13.2 Å². The van der Waals surface area contributed by atoms with Gasteiger partial charge in [-0.2, -0.15) is 13.2 Å². The Balaban J connectivity index is 2.15. The number of hydrogen-bond acceptors (Lipinski definition) is 2. The second-order valence-corrected chi connectivity index (χ2v) is 4.07. The maximum atomic E-state index is 12.5. The van der Waals surface area contributed by atoms with Crippen LogP contribution in [0.25, 0.3) is 0 Å². The normalized spacial score (nSPS) is 13.6. The van der Waals surface area contributed by atoms with Gasteiger partial charge in [-0.15, -0.1) is 0 Å². The summed E-state index contributed by atoms with van der Waals surface area (Å²) in [6.07, 6.45) is -1.00. The first-order valence-corrected chi connectivity index (χ1v) is 5.40. The van der Waals surface area contributed by atoms with Crippen LogP contribution in [0.5, 0.6) is 0 Å². The van der Waals surface area contributed by atoms with Crippen LogP contribution in [-0.4, -0.2) is 0 Å². The molecule has 0 aliphatic carbocycles. The van der Waals surface area contributed by atoms with Crippen LogP contribution >= 0.6 is 0 Å². The van der Waals surface area contributed by atoms with E-state index in [1.165, 1.54) is 18.6 Å². The van der Waals surface area contributed by atoms with Crippen LogP contribution in [0.2, 0.25) is 0 Å². The number of furan rings is 1. The fraction of sp³-hybridized carbons (Fsp3) is 0.231. The van der Waals surface area contributed by atoms with Gasteiger partial charge in [-0.1, -0.05) is 18.2 Å². The van der Waals surface area contributed by atoms with Crippen molar-refractivity contribution >= 4 is 0 Å². The molecule has 0 aliphatic rings. The van der Waals surface area contributed by atoms with Crippen molar-refractivity contribution in [1.29, 1.82) is 0 Å². The minimum Gasteiger partial charge on any atom is -0.472 e. The zero-order valence-electron chi connectivity index (χ0n) is 9.45. The van der Waals surface area contributed by atoms with E-state index >= 15 is 0 Å². The van der Waals surface area contributed by atoms with Crippen molar-refractivity contribution in [1.82, 2.24) is 0 Å².